The number of halogens is 1. The van der Waals surface area contributed by atoms with E-state index in [9.17, 15) is 9.59 Å². The third-order valence-electron chi connectivity index (χ3n) is 4.88. The first-order valence-corrected chi connectivity index (χ1v) is 12.0. The van der Waals surface area contributed by atoms with Gasteiger partial charge < -0.3 is 10.1 Å². The molecule has 0 spiro atoms. The zero-order chi connectivity index (χ0) is 24.5. The molecule has 4 rings (SSSR count). The number of carbonyl (C=O) groups excluding carboxylic acids is 1. The number of fused-ring (bicyclic) bond motifs is 1. The Kier molecular flexibility index (Phi) is 6.72. The molecule has 0 amide bonds. The molecule has 2 aromatic heterocycles. The normalized spacial score (nSPS) is 11.6. The summed E-state index contributed by atoms with van der Waals surface area (Å²) in [5, 5.41) is 4.85. The SMILES string of the molecule is Cc1nc2ccc(Nc3ncc(CC(=O)OC(C)(C)C)c(=O)n3Cc3ccc(Cl)cc3)cc2s1. The molecule has 7 nitrogen and oxygen atoms in total. The molecule has 0 aliphatic carbocycles. The molecule has 176 valence electrons. The van der Waals surface area contributed by atoms with Crippen LogP contribution in [0, 0.1) is 6.92 Å². The zero-order valence-corrected chi connectivity index (χ0v) is 21.0. The van der Waals surface area contributed by atoms with Crippen molar-refractivity contribution in [3.05, 3.63) is 80.2 Å². The summed E-state index contributed by atoms with van der Waals surface area (Å²) in [6.07, 6.45) is 1.28. The third kappa shape index (κ3) is 5.81. The van der Waals surface area contributed by atoms with Crippen LogP contribution in [0.4, 0.5) is 11.6 Å². The lowest BCUT2D eigenvalue weighted by Gasteiger charge is -2.20. The topological polar surface area (TPSA) is 86.1 Å². The number of hydrogen-bond donors (Lipinski definition) is 1. The summed E-state index contributed by atoms with van der Waals surface area (Å²) >= 11 is 7.62. The third-order valence-corrected chi connectivity index (χ3v) is 6.06. The molecule has 34 heavy (non-hydrogen) atoms. The largest absolute Gasteiger partial charge is 0.460 e. The van der Waals surface area contributed by atoms with Crippen LogP contribution in [0.25, 0.3) is 10.2 Å². The number of thiazole rings is 1. The number of anilines is 2. The highest BCUT2D eigenvalue weighted by atomic mass is 35.5. The van der Waals surface area contributed by atoms with Gasteiger partial charge in [-0.2, -0.15) is 0 Å². The van der Waals surface area contributed by atoms with Crippen molar-refractivity contribution in [2.24, 2.45) is 0 Å². The second-order valence-electron chi connectivity index (χ2n) is 8.93. The van der Waals surface area contributed by atoms with Crippen molar-refractivity contribution in [3.63, 3.8) is 0 Å². The molecule has 1 N–H and O–H groups in total. The minimum Gasteiger partial charge on any atom is -0.460 e. The van der Waals surface area contributed by atoms with Crippen LogP contribution >= 0.6 is 22.9 Å². The van der Waals surface area contributed by atoms with Crippen LogP contribution in [0.2, 0.25) is 5.02 Å². The Morgan fingerprint density at radius 3 is 2.62 bits per heavy atom. The van der Waals surface area contributed by atoms with Crippen LogP contribution in [-0.2, 0) is 22.5 Å². The van der Waals surface area contributed by atoms with E-state index in [1.54, 1.807) is 44.2 Å². The summed E-state index contributed by atoms with van der Waals surface area (Å²) in [5.41, 5.74) is 1.90. The van der Waals surface area contributed by atoms with Gasteiger partial charge in [0.15, 0.2) is 0 Å². The molecular formula is C25H25ClN4O3S. The number of aryl methyl sites for hydroxylation is 1. The van der Waals surface area contributed by atoms with E-state index in [1.807, 2.05) is 37.3 Å². The Bertz CT molecular complexity index is 1400. The fourth-order valence-electron chi connectivity index (χ4n) is 3.45. The zero-order valence-electron chi connectivity index (χ0n) is 19.4. The maximum Gasteiger partial charge on any atom is 0.311 e. The summed E-state index contributed by atoms with van der Waals surface area (Å²) in [4.78, 5) is 34.7. The van der Waals surface area contributed by atoms with Crippen molar-refractivity contribution < 1.29 is 9.53 Å². The summed E-state index contributed by atoms with van der Waals surface area (Å²) in [6, 6.07) is 13.1. The van der Waals surface area contributed by atoms with E-state index < -0.39 is 11.6 Å². The van der Waals surface area contributed by atoms with Gasteiger partial charge in [0.2, 0.25) is 5.95 Å². The minimum absolute atomic E-state index is 0.157. The molecule has 4 aromatic rings. The van der Waals surface area contributed by atoms with Crippen molar-refractivity contribution in [1.82, 2.24) is 14.5 Å². The van der Waals surface area contributed by atoms with E-state index in [0.29, 0.717) is 11.0 Å². The van der Waals surface area contributed by atoms with E-state index in [2.05, 4.69) is 15.3 Å². The van der Waals surface area contributed by atoms with Gasteiger partial charge in [0.25, 0.3) is 5.56 Å². The molecule has 0 fully saturated rings. The lowest BCUT2D eigenvalue weighted by molar-refractivity contribution is -0.153. The molecule has 0 atom stereocenters. The van der Waals surface area contributed by atoms with Crippen LogP contribution in [0.3, 0.4) is 0 Å². The van der Waals surface area contributed by atoms with Crippen LogP contribution < -0.4 is 10.9 Å². The second kappa shape index (κ2) is 9.56. The van der Waals surface area contributed by atoms with Crippen molar-refractivity contribution in [2.75, 3.05) is 5.32 Å². The number of nitrogens with one attached hydrogen (secondary N) is 1. The van der Waals surface area contributed by atoms with Crippen LogP contribution in [-0.4, -0.2) is 26.1 Å². The molecule has 0 radical (unpaired) electrons. The summed E-state index contributed by atoms with van der Waals surface area (Å²) in [5.74, 6) is -0.107. The fraction of sp³-hybridized carbons (Fsp3) is 0.280. The lowest BCUT2D eigenvalue weighted by Crippen LogP contribution is -2.31. The summed E-state index contributed by atoms with van der Waals surface area (Å²) in [7, 11) is 0. The number of nitrogens with zero attached hydrogens (tertiary/aromatic N) is 3. The van der Waals surface area contributed by atoms with E-state index >= 15 is 0 Å². The lowest BCUT2D eigenvalue weighted by atomic mass is 10.2. The van der Waals surface area contributed by atoms with Crippen molar-refractivity contribution >= 4 is 50.8 Å². The van der Waals surface area contributed by atoms with Gasteiger partial charge in [-0.15, -0.1) is 11.3 Å². The smallest absolute Gasteiger partial charge is 0.311 e. The standard InChI is InChI=1S/C25H25ClN4O3S/c1-15-28-20-10-9-19(12-21(20)34-15)29-24-27-13-17(11-22(31)33-25(2,3)4)23(32)30(24)14-16-5-7-18(26)8-6-16/h5-10,12-13H,11,14H2,1-4H3,(H,27,29). The maximum atomic E-state index is 13.4. The number of aromatic nitrogens is 3. The van der Waals surface area contributed by atoms with Gasteiger partial charge in [-0.1, -0.05) is 23.7 Å². The number of rotatable bonds is 6. The number of esters is 1. The van der Waals surface area contributed by atoms with Gasteiger partial charge in [-0.3, -0.25) is 14.2 Å². The second-order valence-corrected chi connectivity index (χ2v) is 10.6. The number of benzene rings is 2. The predicted octanol–water partition coefficient (Wildman–Crippen LogP) is 5.49. The Labute approximate surface area is 206 Å². The van der Waals surface area contributed by atoms with E-state index in [1.165, 1.54) is 10.8 Å². The summed E-state index contributed by atoms with van der Waals surface area (Å²) in [6.45, 7) is 7.59. The number of hydrogen-bond acceptors (Lipinski definition) is 7. The number of carbonyl (C=O) groups is 1. The van der Waals surface area contributed by atoms with Crippen LogP contribution in [0.15, 0.2) is 53.5 Å². The van der Waals surface area contributed by atoms with Gasteiger partial charge in [0.05, 0.1) is 28.2 Å². The molecule has 2 aromatic carbocycles. The van der Waals surface area contributed by atoms with Gasteiger partial charge in [0.1, 0.15) is 5.60 Å². The Morgan fingerprint density at radius 2 is 1.91 bits per heavy atom. The average molecular weight is 497 g/mol. The van der Waals surface area contributed by atoms with Gasteiger partial charge in [0, 0.05) is 22.5 Å². The molecule has 0 bridgehead atoms. The monoisotopic (exact) mass is 496 g/mol. The molecule has 0 unspecified atom stereocenters. The highest BCUT2D eigenvalue weighted by Gasteiger charge is 2.20. The van der Waals surface area contributed by atoms with Crippen LogP contribution in [0.1, 0.15) is 36.9 Å². The quantitative estimate of drug-likeness (QED) is 0.355. The fourth-order valence-corrected chi connectivity index (χ4v) is 4.45. The average Bonchev–Trinajstić information content (AvgIpc) is 3.12. The van der Waals surface area contributed by atoms with Crippen molar-refractivity contribution in [1.29, 1.82) is 0 Å². The minimum atomic E-state index is -0.637. The molecule has 0 aliphatic rings. The molecule has 0 aliphatic heterocycles. The van der Waals surface area contributed by atoms with Crippen molar-refractivity contribution in [3.8, 4) is 0 Å². The first-order valence-electron chi connectivity index (χ1n) is 10.8. The Balaban J connectivity index is 1.70. The van der Waals surface area contributed by atoms with E-state index in [-0.39, 0.29) is 24.1 Å². The highest BCUT2D eigenvalue weighted by molar-refractivity contribution is 7.18. The molecule has 2 heterocycles. The molecule has 0 saturated heterocycles. The molecule has 9 heteroatoms. The molecule has 0 saturated carbocycles. The van der Waals surface area contributed by atoms with Gasteiger partial charge in [-0.05, 0) is 63.6 Å². The van der Waals surface area contributed by atoms with E-state index in [0.717, 1.165) is 26.5 Å². The maximum absolute atomic E-state index is 13.4. The summed E-state index contributed by atoms with van der Waals surface area (Å²) < 4.78 is 7.94. The Morgan fingerprint density at radius 1 is 1.18 bits per heavy atom. The van der Waals surface area contributed by atoms with Crippen LogP contribution in [0.5, 0.6) is 0 Å². The predicted molar refractivity (Wildman–Crippen MR) is 136 cm³/mol. The molecular weight excluding hydrogens is 472 g/mol. The first-order chi connectivity index (χ1) is 16.1. The van der Waals surface area contributed by atoms with Gasteiger partial charge >= 0.3 is 5.97 Å². The first kappa shape index (κ1) is 23.9. The van der Waals surface area contributed by atoms with E-state index in [4.69, 9.17) is 16.3 Å². The van der Waals surface area contributed by atoms with Gasteiger partial charge in [-0.25, -0.2) is 9.97 Å². The number of ether oxygens (including phenoxy) is 1. The Hall–Kier alpha value is -3.23. The highest BCUT2D eigenvalue weighted by Crippen LogP contribution is 2.26. The van der Waals surface area contributed by atoms with Crippen molar-refractivity contribution in [2.45, 2.75) is 46.3 Å².